The highest BCUT2D eigenvalue weighted by molar-refractivity contribution is 5.94. The Morgan fingerprint density at radius 1 is 1.14 bits per heavy atom. The fourth-order valence-electron chi connectivity index (χ4n) is 3.25. The van der Waals surface area contributed by atoms with Crippen LogP contribution < -0.4 is 4.74 Å². The SMILES string of the molecule is N#CCCN(CCc1ccccc1)C(=O)c1ccc(OCC2CCCO2)cc1. The fourth-order valence-corrected chi connectivity index (χ4v) is 3.25. The number of nitriles is 1. The lowest BCUT2D eigenvalue weighted by Gasteiger charge is -2.22. The summed E-state index contributed by atoms with van der Waals surface area (Å²) in [5.74, 6) is 0.678. The normalized spacial score (nSPS) is 15.8. The average molecular weight is 378 g/mol. The first kappa shape index (κ1) is 19.9. The minimum atomic E-state index is -0.0585. The third kappa shape index (κ3) is 5.83. The van der Waals surface area contributed by atoms with Crippen LogP contribution in [-0.4, -0.2) is 43.2 Å². The third-order valence-electron chi connectivity index (χ3n) is 4.86. The van der Waals surface area contributed by atoms with E-state index in [0.717, 1.165) is 31.6 Å². The van der Waals surface area contributed by atoms with Gasteiger partial charge >= 0.3 is 0 Å². The van der Waals surface area contributed by atoms with Gasteiger partial charge in [-0.2, -0.15) is 5.26 Å². The molecule has 1 aliphatic heterocycles. The molecule has 5 heteroatoms. The summed E-state index contributed by atoms with van der Waals surface area (Å²) >= 11 is 0. The zero-order valence-electron chi connectivity index (χ0n) is 16.0. The predicted molar refractivity (Wildman–Crippen MR) is 107 cm³/mol. The van der Waals surface area contributed by atoms with Gasteiger partial charge < -0.3 is 14.4 Å². The van der Waals surface area contributed by atoms with E-state index in [1.165, 1.54) is 5.56 Å². The molecule has 3 rings (SSSR count). The maximum absolute atomic E-state index is 12.9. The molecule has 0 aromatic heterocycles. The first-order valence-corrected chi connectivity index (χ1v) is 9.81. The van der Waals surface area contributed by atoms with E-state index < -0.39 is 0 Å². The Morgan fingerprint density at radius 2 is 1.93 bits per heavy atom. The minimum absolute atomic E-state index is 0.0585. The molecule has 1 atom stereocenters. The van der Waals surface area contributed by atoms with Crippen molar-refractivity contribution in [1.82, 2.24) is 4.90 Å². The van der Waals surface area contributed by atoms with Crippen molar-refractivity contribution in [3.05, 3.63) is 65.7 Å². The molecule has 1 saturated heterocycles. The Balaban J connectivity index is 1.58. The number of hydrogen-bond acceptors (Lipinski definition) is 4. The van der Waals surface area contributed by atoms with Gasteiger partial charge in [0.05, 0.1) is 18.6 Å². The molecular weight excluding hydrogens is 352 g/mol. The third-order valence-corrected chi connectivity index (χ3v) is 4.86. The van der Waals surface area contributed by atoms with Crippen LogP contribution in [0, 0.1) is 11.3 Å². The molecule has 2 aromatic carbocycles. The molecule has 1 unspecified atom stereocenters. The summed E-state index contributed by atoms with van der Waals surface area (Å²) in [6.07, 6.45) is 3.37. The smallest absolute Gasteiger partial charge is 0.253 e. The summed E-state index contributed by atoms with van der Waals surface area (Å²) in [7, 11) is 0. The van der Waals surface area contributed by atoms with E-state index in [0.29, 0.717) is 31.7 Å². The van der Waals surface area contributed by atoms with Gasteiger partial charge in [-0.15, -0.1) is 0 Å². The highest BCUT2D eigenvalue weighted by atomic mass is 16.5. The van der Waals surface area contributed by atoms with Gasteiger partial charge in [0.2, 0.25) is 0 Å². The van der Waals surface area contributed by atoms with Gasteiger partial charge in [-0.1, -0.05) is 30.3 Å². The van der Waals surface area contributed by atoms with Crippen molar-refractivity contribution in [2.45, 2.75) is 31.8 Å². The lowest BCUT2D eigenvalue weighted by molar-refractivity contribution is 0.0678. The molecule has 0 bridgehead atoms. The van der Waals surface area contributed by atoms with Crippen molar-refractivity contribution >= 4 is 5.91 Å². The Hall–Kier alpha value is -2.84. The molecule has 0 N–H and O–H groups in total. The van der Waals surface area contributed by atoms with E-state index in [1.807, 2.05) is 42.5 Å². The Kier molecular flexibility index (Phi) is 7.45. The molecule has 0 saturated carbocycles. The second kappa shape index (κ2) is 10.5. The molecule has 0 radical (unpaired) electrons. The van der Waals surface area contributed by atoms with Gasteiger partial charge in [-0.3, -0.25) is 4.79 Å². The van der Waals surface area contributed by atoms with Crippen LogP contribution in [0.4, 0.5) is 0 Å². The van der Waals surface area contributed by atoms with Crippen LogP contribution in [-0.2, 0) is 11.2 Å². The quantitative estimate of drug-likeness (QED) is 0.665. The predicted octanol–water partition coefficient (Wildman–Crippen LogP) is 3.84. The largest absolute Gasteiger partial charge is 0.491 e. The average Bonchev–Trinajstić information content (AvgIpc) is 3.27. The summed E-state index contributed by atoms with van der Waals surface area (Å²) in [5.41, 5.74) is 1.78. The molecule has 1 heterocycles. The van der Waals surface area contributed by atoms with Crippen molar-refractivity contribution in [3.8, 4) is 11.8 Å². The van der Waals surface area contributed by atoms with Crippen molar-refractivity contribution in [2.75, 3.05) is 26.3 Å². The van der Waals surface area contributed by atoms with Crippen LogP contribution in [0.15, 0.2) is 54.6 Å². The molecule has 0 spiro atoms. The van der Waals surface area contributed by atoms with Crippen LogP contribution in [0.25, 0.3) is 0 Å². The number of rotatable bonds is 9. The van der Waals surface area contributed by atoms with Gasteiger partial charge in [0.25, 0.3) is 5.91 Å². The molecule has 1 fully saturated rings. The maximum Gasteiger partial charge on any atom is 0.253 e. The number of carbonyl (C=O) groups is 1. The first-order valence-electron chi connectivity index (χ1n) is 9.81. The molecule has 2 aromatic rings. The zero-order valence-corrected chi connectivity index (χ0v) is 16.0. The van der Waals surface area contributed by atoms with Gasteiger partial charge in [0.15, 0.2) is 0 Å². The topological polar surface area (TPSA) is 62.6 Å². The van der Waals surface area contributed by atoms with Crippen molar-refractivity contribution < 1.29 is 14.3 Å². The van der Waals surface area contributed by atoms with Gasteiger partial charge in [-0.05, 0) is 49.1 Å². The molecule has 1 aliphatic rings. The van der Waals surface area contributed by atoms with Gasteiger partial charge in [0.1, 0.15) is 12.4 Å². The van der Waals surface area contributed by atoms with E-state index in [1.54, 1.807) is 17.0 Å². The molecule has 0 aliphatic carbocycles. The molecular formula is C23H26N2O3. The standard InChI is InChI=1S/C23H26N2O3/c24-14-5-15-25(16-13-19-6-2-1-3-7-19)23(26)20-9-11-21(12-10-20)28-18-22-8-4-17-27-22/h1-3,6-7,9-12,22H,4-5,8,13,15-18H2. The van der Waals surface area contributed by atoms with E-state index in [4.69, 9.17) is 14.7 Å². The summed E-state index contributed by atoms with van der Waals surface area (Å²) < 4.78 is 11.3. The van der Waals surface area contributed by atoms with Crippen LogP contribution in [0.1, 0.15) is 35.2 Å². The van der Waals surface area contributed by atoms with E-state index >= 15 is 0 Å². The van der Waals surface area contributed by atoms with E-state index in [9.17, 15) is 4.79 Å². The van der Waals surface area contributed by atoms with E-state index in [-0.39, 0.29) is 12.0 Å². The summed E-state index contributed by atoms with van der Waals surface area (Å²) in [4.78, 5) is 14.7. The molecule has 28 heavy (non-hydrogen) atoms. The molecule has 5 nitrogen and oxygen atoms in total. The fraction of sp³-hybridized carbons (Fsp3) is 0.391. The Bertz CT molecular complexity index is 778. The van der Waals surface area contributed by atoms with Crippen LogP contribution in [0.3, 0.4) is 0 Å². The lowest BCUT2D eigenvalue weighted by Crippen LogP contribution is -2.33. The number of carbonyl (C=O) groups excluding carboxylic acids is 1. The van der Waals surface area contributed by atoms with Crippen LogP contribution in [0.2, 0.25) is 0 Å². The minimum Gasteiger partial charge on any atom is -0.491 e. The van der Waals surface area contributed by atoms with Crippen LogP contribution >= 0.6 is 0 Å². The van der Waals surface area contributed by atoms with Crippen molar-refractivity contribution in [2.24, 2.45) is 0 Å². The number of amides is 1. The molecule has 146 valence electrons. The summed E-state index contributed by atoms with van der Waals surface area (Å²) in [5, 5.41) is 8.92. The highest BCUT2D eigenvalue weighted by Crippen LogP contribution is 2.17. The molecule has 1 amide bonds. The number of ether oxygens (including phenoxy) is 2. The first-order chi connectivity index (χ1) is 13.8. The highest BCUT2D eigenvalue weighted by Gasteiger charge is 2.17. The second-order valence-electron chi connectivity index (χ2n) is 6.91. The Labute approximate surface area is 166 Å². The van der Waals surface area contributed by atoms with E-state index in [2.05, 4.69) is 6.07 Å². The summed E-state index contributed by atoms with van der Waals surface area (Å²) in [6.45, 7) is 2.36. The van der Waals surface area contributed by atoms with Gasteiger partial charge in [-0.25, -0.2) is 0 Å². The maximum atomic E-state index is 12.9. The lowest BCUT2D eigenvalue weighted by atomic mass is 10.1. The van der Waals surface area contributed by atoms with Crippen LogP contribution in [0.5, 0.6) is 5.75 Å². The monoisotopic (exact) mass is 378 g/mol. The summed E-state index contributed by atoms with van der Waals surface area (Å²) in [6, 6.07) is 19.4. The number of nitrogens with zero attached hydrogens (tertiary/aromatic N) is 2. The van der Waals surface area contributed by atoms with Crippen molar-refractivity contribution in [1.29, 1.82) is 5.26 Å². The zero-order chi connectivity index (χ0) is 19.6. The van der Waals surface area contributed by atoms with Gasteiger partial charge in [0, 0.05) is 25.3 Å². The Morgan fingerprint density at radius 3 is 2.61 bits per heavy atom. The van der Waals surface area contributed by atoms with Crippen molar-refractivity contribution in [3.63, 3.8) is 0 Å². The number of hydrogen-bond donors (Lipinski definition) is 0. The number of benzene rings is 2. The second-order valence-corrected chi connectivity index (χ2v) is 6.91.